The van der Waals surface area contributed by atoms with Crippen LogP contribution in [0.4, 0.5) is 0 Å². The normalized spacial score (nSPS) is 17.6. The zero-order valence-corrected chi connectivity index (χ0v) is 14.0. The topological polar surface area (TPSA) is 68.4 Å². The molecular formula is C17H12BrNO4. The van der Waals surface area contributed by atoms with E-state index in [0.717, 1.165) is 26.1 Å². The summed E-state index contributed by atoms with van der Waals surface area (Å²) in [6.45, 7) is 3.05. The fraction of sp³-hybridized carbons (Fsp3) is 0.176. The van der Waals surface area contributed by atoms with Gasteiger partial charge in [0.2, 0.25) is 0 Å². The third-order valence-electron chi connectivity index (χ3n) is 3.85. The molecule has 2 heterocycles. The highest BCUT2D eigenvalue weighted by molar-refractivity contribution is 9.10. The standard InChI is InChI=1S/C17H12BrNO4/c1-17(2)22-15(20)13(16(21)23-17)14-9-5-3-4-8-10(18)6-7-11(19-14)12(8)9/h3-7,19H,1-2H3. The quantitative estimate of drug-likeness (QED) is 0.615. The molecule has 0 atom stereocenters. The molecule has 1 aliphatic rings. The second-order valence-electron chi connectivity index (χ2n) is 5.88. The van der Waals surface area contributed by atoms with Crippen molar-refractivity contribution in [2.75, 3.05) is 0 Å². The van der Waals surface area contributed by atoms with Gasteiger partial charge in [-0.1, -0.05) is 34.1 Å². The Morgan fingerprint density at radius 2 is 1.65 bits per heavy atom. The maximum atomic E-state index is 12.3. The van der Waals surface area contributed by atoms with Crippen LogP contribution < -0.4 is 5.35 Å². The number of benzene rings is 2. The maximum Gasteiger partial charge on any atom is 0.351 e. The monoisotopic (exact) mass is 373 g/mol. The second kappa shape index (κ2) is 4.58. The summed E-state index contributed by atoms with van der Waals surface area (Å²) in [7, 11) is 0. The Morgan fingerprint density at radius 3 is 2.35 bits per heavy atom. The fourth-order valence-corrected chi connectivity index (χ4v) is 3.40. The number of halogens is 1. The van der Waals surface area contributed by atoms with Gasteiger partial charge in [0.25, 0.3) is 5.79 Å². The molecule has 0 spiro atoms. The van der Waals surface area contributed by atoms with Gasteiger partial charge in [-0.15, -0.1) is 0 Å². The number of carbonyl (C=O) groups is 2. The molecule has 2 aromatic carbocycles. The number of cyclic esters (lactones) is 2. The molecule has 6 heteroatoms. The van der Waals surface area contributed by atoms with Gasteiger partial charge in [0.15, 0.2) is 5.57 Å². The summed E-state index contributed by atoms with van der Waals surface area (Å²) in [5.74, 6) is -2.62. The number of nitrogens with one attached hydrogen (secondary N) is 1. The summed E-state index contributed by atoms with van der Waals surface area (Å²) in [6.07, 6.45) is 0. The molecule has 0 unspecified atom stereocenters. The molecule has 1 aliphatic heterocycles. The SMILES string of the molecule is CC1(C)OC(=O)C(=c2[nH]c3ccc(Br)c4cccc2c34)C(=O)O1. The Balaban J connectivity index is 2.13. The lowest BCUT2D eigenvalue weighted by molar-refractivity contribution is -0.217. The molecule has 1 aromatic heterocycles. The van der Waals surface area contributed by atoms with Crippen molar-refractivity contribution < 1.29 is 19.1 Å². The number of aromatic amines is 1. The Kier molecular flexibility index (Phi) is 2.84. The highest BCUT2D eigenvalue weighted by Crippen LogP contribution is 2.31. The number of esters is 2. The van der Waals surface area contributed by atoms with Gasteiger partial charge in [0.05, 0.1) is 5.35 Å². The molecule has 4 rings (SSSR count). The summed E-state index contributed by atoms with van der Waals surface area (Å²) < 4.78 is 11.3. The molecule has 1 saturated heterocycles. The number of H-pyrrole nitrogens is 1. The predicted molar refractivity (Wildman–Crippen MR) is 88.4 cm³/mol. The summed E-state index contributed by atoms with van der Waals surface area (Å²) in [6, 6.07) is 9.53. The average Bonchev–Trinajstić information content (AvgIpc) is 2.81. The summed E-state index contributed by atoms with van der Waals surface area (Å²) in [5.41, 5.74) is 0.732. The number of ether oxygens (including phenoxy) is 2. The lowest BCUT2D eigenvalue weighted by atomic mass is 10.1. The smallest absolute Gasteiger partial charge is 0.351 e. The van der Waals surface area contributed by atoms with Gasteiger partial charge in [-0.25, -0.2) is 9.59 Å². The van der Waals surface area contributed by atoms with Gasteiger partial charge in [-0.05, 0) is 17.5 Å². The zero-order chi connectivity index (χ0) is 16.4. The van der Waals surface area contributed by atoms with Gasteiger partial charge in [0, 0.05) is 34.6 Å². The molecule has 5 nitrogen and oxygen atoms in total. The van der Waals surface area contributed by atoms with Crippen LogP contribution in [0.15, 0.2) is 34.8 Å². The molecule has 0 amide bonds. The molecule has 3 aromatic rings. The van der Waals surface area contributed by atoms with Crippen molar-refractivity contribution in [3.8, 4) is 0 Å². The molecule has 1 N–H and O–H groups in total. The summed E-state index contributed by atoms with van der Waals surface area (Å²) in [5, 5.41) is 3.16. The van der Waals surface area contributed by atoms with Crippen LogP contribution in [-0.4, -0.2) is 22.7 Å². The van der Waals surface area contributed by atoms with E-state index in [0.29, 0.717) is 5.35 Å². The van der Waals surface area contributed by atoms with Crippen molar-refractivity contribution in [3.05, 3.63) is 40.2 Å². The molecular weight excluding hydrogens is 362 g/mol. The first-order valence-electron chi connectivity index (χ1n) is 7.07. The Morgan fingerprint density at radius 1 is 1.00 bits per heavy atom. The van der Waals surface area contributed by atoms with Crippen molar-refractivity contribution >= 4 is 55.1 Å². The van der Waals surface area contributed by atoms with E-state index < -0.39 is 17.7 Å². The number of carbonyl (C=O) groups excluding carboxylic acids is 2. The zero-order valence-electron chi connectivity index (χ0n) is 12.4. The molecule has 23 heavy (non-hydrogen) atoms. The lowest BCUT2D eigenvalue weighted by Crippen LogP contribution is -2.43. The van der Waals surface area contributed by atoms with E-state index >= 15 is 0 Å². The molecule has 0 bridgehead atoms. The largest absolute Gasteiger partial charge is 0.419 e. The molecule has 116 valence electrons. The minimum absolute atomic E-state index is 0.107. The van der Waals surface area contributed by atoms with E-state index in [1.165, 1.54) is 13.8 Å². The number of hydrogen-bond acceptors (Lipinski definition) is 4. The maximum absolute atomic E-state index is 12.3. The van der Waals surface area contributed by atoms with Crippen LogP contribution >= 0.6 is 15.9 Å². The Bertz CT molecular complexity index is 1030. The minimum Gasteiger partial charge on any atom is -0.419 e. The first-order valence-corrected chi connectivity index (χ1v) is 7.86. The van der Waals surface area contributed by atoms with Crippen LogP contribution in [-0.2, 0) is 19.1 Å². The molecule has 0 saturated carbocycles. The van der Waals surface area contributed by atoms with Crippen molar-refractivity contribution in [3.63, 3.8) is 0 Å². The van der Waals surface area contributed by atoms with E-state index in [9.17, 15) is 9.59 Å². The third kappa shape index (κ3) is 2.05. The minimum atomic E-state index is -1.25. The Hall–Kier alpha value is -2.34. The van der Waals surface area contributed by atoms with Crippen molar-refractivity contribution in [1.29, 1.82) is 0 Å². The van der Waals surface area contributed by atoms with Gasteiger partial charge in [-0.2, -0.15) is 0 Å². The molecule has 0 radical (unpaired) electrons. The number of rotatable bonds is 0. The first kappa shape index (κ1) is 14.3. The number of aromatic nitrogens is 1. The van der Waals surface area contributed by atoms with E-state index in [2.05, 4.69) is 20.9 Å². The van der Waals surface area contributed by atoms with Crippen LogP contribution in [0.5, 0.6) is 0 Å². The first-order chi connectivity index (χ1) is 10.9. The van der Waals surface area contributed by atoms with Gasteiger partial charge in [-0.3, -0.25) is 0 Å². The van der Waals surface area contributed by atoms with Crippen molar-refractivity contribution in [1.82, 2.24) is 4.98 Å². The highest BCUT2D eigenvalue weighted by Gasteiger charge is 2.40. The fourth-order valence-electron chi connectivity index (χ4n) is 2.94. The van der Waals surface area contributed by atoms with Crippen molar-refractivity contribution in [2.24, 2.45) is 0 Å². The molecule has 1 fully saturated rings. The van der Waals surface area contributed by atoms with Gasteiger partial charge >= 0.3 is 11.9 Å². The van der Waals surface area contributed by atoms with Crippen molar-refractivity contribution in [2.45, 2.75) is 19.6 Å². The second-order valence-corrected chi connectivity index (χ2v) is 6.73. The third-order valence-corrected chi connectivity index (χ3v) is 4.54. The highest BCUT2D eigenvalue weighted by atomic mass is 79.9. The van der Waals surface area contributed by atoms with Crippen LogP contribution in [0.1, 0.15) is 13.8 Å². The lowest BCUT2D eigenvalue weighted by Gasteiger charge is -2.29. The Labute approximate surface area is 139 Å². The number of hydrogen-bond donors (Lipinski definition) is 1. The van der Waals surface area contributed by atoms with Gasteiger partial charge in [0.1, 0.15) is 0 Å². The van der Waals surface area contributed by atoms with E-state index in [1.807, 2.05) is 30.3 Å². The predicted octanol–water partition coefficient (Wildman–Crippen LogP) is 2.79. The average molecular weight is 374 g/mol. The summed E-state index contributed by atoms with van der Waals surface area (Å²) in [4.78, 5) is 27.8. The molecule has 0 aliphatic carbocycles. The summed E-state index contributed by atoms with van der Waals surface area (Å²) >= 11 is 3.52. The van der Waals surface area contributed by atoms with Crippen LogP contribution in [0.2, 0.25) is 0 Å². The van der Waals surface area contributed by atoms with E-state index in [4.69, 9.17) is 9.47 Å². The van der Waals surface area contributed by atoms with Crippen LogP contribution in [0, 0.1) is 0 Å². The van der Waals surface area contributed by atoms with E-state index in [-0.39, 0.29) is 5.57 Å². The van der Waals surface area contributed by atoms with Crippen LogP contribution in [0.3, 0.4) is 0 Å². The van der Waals surface area contributed by atoms with Gasteiger partial charge < -0.3 is 14.5 Å². The van der Waals surface area contributed by atoms with E-state index in [1.54, 1.807) is 0 Å². The van der Waals surface area contributed by atoms with Crippen LogP contribution in [0.25, 0.3) is 27.2 Å².